The summed E-state index contributed by atoms with van der Waals surface area (Å²) in [7, 11) is 0. The molecule has 2 rings (SSSR count). The summed E-state index contributed by atoms with van der Waals surface area (Å²) in [5.41, 5.74) is 6.06. The van der Waals surface area contributed by atoms with E-state index in [0.29, 0.717) is 18.7 Å². The van der Waals surface area contributed by atoms with Crippen molar-refractivity contribution in [2.24, 2.45) is 0 Å². The lowest BCUT2D eigenvalue weighted by Gasteiger charge is -2.35. The first-order valence-corrected chi connectivity index (χ1v) is 6.21. The van der Waals surface area contributed by atoms with Crippen LogP contribution in [0.2, 0.25) is 5.15 Å². The van der Waals surface area contributed by atoms with Crippen molar-refractivity contribution in [3.05, 3.63) is 22.8 Å². The van der Waals surface area contributed by atoms with E-state index in [4.69, 9.17) is 22.1 Å². The highest BCUT2D eigenvalue weighted by Crippen LogP contribution is 2.17. The predicted molar refractivity (Wildman–Crippen MR) is 69.6 cm³/mol. The van der Waals surface area contributed by atoms with Gasteiger partial charge in [0.05, 0.1) is 12.2 Å². The summed E-state index contributed by atoms with van der Waals surface area (Å²) in [5, 5.41) is 0.229. The van der Waals surface area contributed by atoms with Gasteiger partial charge >= 0.3 is 0 Å². The Morgan fingerprint density at radius 2 is 2.06 bits per heavy atom. The number of carbonyl (C=O) groups is 1. The van der Waals surface area contributed by atoms with E-state index in [1.807, 2.05) is 13.8 Å². The maximum Gasteiger partial charge on any atom is 0.254 e. The van der Waals surface area contributed by atoms with Crippen molar-refractivity contribution in [2.45, 2.75) is 26.1 Å². The first-order valence-electron chi connectivity index (χ1n) is 5.83. The number of aromatic nitrogens is 1. The molecule has 1 aromatic rings. The van der Waals surface area contributed by atoms with Crippen molar-refractivity contribution >= 4 is 23.3 Å². The fraction of sp³-hybridized carbons (Fsp3) is 0.500. The predicted octanol–water partition coefficient (Wildman–Crippen LogP) is 1.57. The summed E-state index contributed by atoms with van der Waals surface area (Å²) < 4.78 is 5.59. The minimum absolute atomic E-state index is 0.0346. The Balaban J connectivity index is 2.20. The monoisotopic (exact) mass is 269 g/mol. The average molecular weight is 270 g/mol. The molecule has 2 heterocycles. The minimum atomic E-state index is -0.0898. The van der Waals surface area contributed by atoms with Crippen molar-refractivity contribution in [3.8, 4) is 0 Å². The fourth-order valence-corrected chi connectivity index (χ4v) is 2.38. The van der Waals surface area contributed by atoms with Crippen LogP contribution in [0.1, 0.15) is 24.2 Å². The van der Waals surface area contributed by atoms with Crippen LogP contribution in [-0.4, -0.2) is 41.1 Å². The summed E-state index contributed by atoms with van der Waals surface area (Å²) in [6, 6.07) is 3.07. The van der Waals surface area contributed by atoms with Gasteiger partial charge in [-0.1, -0.05) is 11.6 Å². The zero-order valence-corrected chi connectivity index (χ0v) is 11.1. The van der Waals surface area contributed by atoms with E-state index in [1.165, 1.54) is 6.07 Å². The third kappa shape index (κ3) is 2.91. The molecule has 5 nitrogen and oxygen atoms in total. The first kappa shape index (κ1) is 13.1. The molecule has 1 aliphatic heterocycles. The number of morpholine rings is 1. The summed E-state index contributed by atoms with van der Waals surface area (Å²) in [6.45, 7) is 5.04. The highest BCUT2D eigenvalue weighted by Gasteiger charge is 2.26. The summed E-state index contributed by atoms with van der Waals surface area (Å²) >= 11 is 5.80. The molecule has 1 amide bonds. The Labute approximate surface area is 111 Å². The lowest BCUT2D eigenvalue weighted by atomic mass is 10.1. The van der Waals surface area contributed by atoms with Crippen LogP contribution in [0.25, 0.3) is 0 Å². The van der Waals surface area contributed by atoms with E-state index in [0.717, 1.165) is 0 Å². The number of rotatable bonds is 1. The van der Waals surface area contributed by atoms with Crippen LogP contribution in [0.4, 0.5) is 5.82 Å². The molecule has 0 radical (unpaired) electrons. The molecule has 0 aliphatic carbocycles. The molecule has 18 heavy (non-hydrogen) atoms. The Hall–Kier alpha value is -1.33. The molecule has 98 valence electrons. The molecule has 0 saturated carbocycles. The molecular weight excluding hydrogens is 254 g/mol. The smallest absolute Gasteiger partial charge is 0.254 e. The van der Waals surface area contributed by atoms with Gasteiger partial charge in [0, 0.05) is 18.7 Å². The Bertz CT molecular complexity index is 436. The molecule has 6 heteroatoms. The lowest BCUT2D eigenvalue weighted by Crippen LogP contribution is -2.48. The Kier molecular flexibility index (Phi) is 3.73. The molecular formula is C12H16ClN3O2. The van der Waals surface area contributed by atoms with E-state index < -0.39 is 0 Å². The maximum absolute atomic E-state index is 12.3. The number of anilines is 1. The van der Waals surface area contributed by atoms with E-state index in [2.05, 4.69) is 4.98 Å². The van der Waals surface area contributed by atoms with Crippen LogP contribution in [-0.2, 0) is 4.74 Å². The third-order valence-corrected chi connectivity index (χ3v) is 2.96. The second-order valence-corrected chi connectivity index (χ2v) is 4.96. The quantitative estimate of drug-likeness (QED) is 0.786. The standard InChI is InChI=1S/C12H16ClN3O2/c1-7-5-16(6-8(2)18-7)12(17)9-3-10(13)15-11(14)4-9/h3-4,7-8H,5-6H2,1-2H3,(H2,14,15)/t7-,8+. The maximum atomic E-state index is 12.3. The number of pyridine rings is 1. The van der Waals surface area contributed by atoms with Gasteiger partial charge in [0.15, 0.2) is 0 Å². The third-order valence-electron chi connectivity index (χ3n) is 2.77. The van der Waals surface area contributed by atoms with Gasteiger partial charge in [-0.3, -0.25) is 4.79 Å². The number of carbonyl (C=O) groups excluding carboxylic acids is 1. The minimum Gasteiger partial charge on any atom is -0.384 e. The van der Waals surface area contributed by atoms with Gasteiger partial charge in [0.1, 0.15) is 11.0 Å². The second-order valence-electron chi connectivity index (χ2n) is 4.57. The van der Waals surface area contributed by atoms with Gasteiger partial charge in [-0.15, -0.1) is 0 Å². The highest BCUT2D eigenvalue weighted by atomic mass is 35.5. The molecule has 1 fully saturated rings. The Morgan fingerprint density at radius 3 is 2.61 bits per heavy atom. The number of ether oxygens (including phenoxy) is 1. The Morgan fingerprint density at radius 1 is 1.44 bits per heavy atom. The molecule has 0 spiro atoms. The molecule has 0 bridgehead atoms. The topological polar surface area (TPSA) is 68.5 Å². The molecule has 0 unspecified atom stereocenters. The summed E-state index contributed by atoms with van der Waals surface area (Å²) in [5.74, 6) is 0.160. The van der Waals surface area contributed by atoms with E-state index in [-0.39, 0.29) is 29.1 Å². The summed E-state index contributed by atoms with van der Waals surface area (Å²) in [6.07, 6.45) is 0.0692. The van der Waals surface area contributed by atoms with Gasteiger partial charge in [-0.25, -0.2) is 4.98 Å². The highest BCUT2D eigenvalue weighted by molar-refractivity contribution is 6.29. The fourth-order valence-electron chi connectivity index (χ4n) is 2.17. The van der Waals surface area contributed by atoms with Crippen molar-refractivity contribution in [3.63, 3.8) is 0 Å². The van der Waals surface area contributed by atoms with E-state index in [9.17, 15) is 4.79 Å². The van der Waals surface area contributed by atoms with Gasteiger partial charge in [-0.05, 0) is 26.0 Å². The van der Waals surface area contributed by atoms with Crippen LogP contribution in [0.5, 0.6) is 0 Å². The van der Waals surface area contributed by atoms with Gasteiger partial charge < -0.3 is 15.4 Å². The molecule has 2 atom stereocenters. The van der Waals surface area contributed by atoms with Crippen LogP contribution < -0.4 is 5.73 Å². The first-order chi connectivity index (χ1) is 8.45. The van der Waals surface area contributed by atoms with Gasteiger partial charge in [0.25, 0.3) is 5.91 Å². The zero-order valence-electron chi connectivity index (χ0n) is 10.4. The van der Waals surface area contributed by atoms with Crippen LogP contribution in [0, 0.1) is 0 Å². The van der Waals surface area contributed by atoms with Crippen LogP contribution in [0.15, 0.2) is 12.1 Å². The SMILES string of the molecule is C[C@@H]1CN(C(=O)c2cc(N)nc(Cl)c2)C[C@H](C)O1. The summed E-state index contributed by atoms with van der Waals surface area (Å²) in [4.78, 5) is 17.9. The van der Waals surface area contributed by atoms with Crippen molar-refractivity contribution < 1.29 is 9.53 Å². The number of hydrogen-bond donors (Lipinski definition) is 1. The van der Waals surface area contributed by atoms with Crippen LogP contribution >= 0.6 is 11.6 Å². The number of halogens is 1. The lowest BCUT2D eigenvalue weighted by molar-refractivity contribution is -0.0586. The average Bonchev–Trinajstić information content (AvgIpc) is 2.25. The normalized spacial score (nSPS) is 24.1. The van der Waals surface area contributed by atoms with Crippen molar-refractivity contribution in [1.82, 2.24) is 9.88 Å². The van der Waals surface area contributed by atoms with Crippen molar-refractivity contribution in [2.75, 3.05) is 18.8 Å². The zero-order chi connectivity index (χ0) is 13.3. The molecule has 1 aliphatic rings. The van der Waals surface area contributed by atoms with Crippen LogP contribution in [0.3, 0.4) is 0 Å². The largest absolute Gasteiger partial charge is 0.384 e. The van der Waals surface area contributed by atoms with E-state index in [1.54, 1.807) is 11.0 Å². The molecule has 2 N–H and O–H groups in total. The number of nitrogen functional groups attached to an aromatic ring is 1. The molecule has 1 saturated heterocycles. The second kappa shape index (κ2) is 5.12. The number of nitrogens with zero attached hydrogens (tertiary/aromatic N) is 2. The van der Waals surface area contributed by atoms with Gasteiger partial charge in [0.2, 0.25) is 0 Å². The van der Waals surface area contributed by atoms with E-state index >= 15 is 0 Å². The number of nitrogens with two attached hydrogens (primary N) is 1. The number of hydrogen-bond acceptors (Lipinski definition) is 4. The van der Waals surface area contributed by atoms with Crippen molar-refractivity contribution in [1.29, 1.82) is 0 Å². The molecule has 1 aromatic heterocycles. The molecule has 0 aromatic carbocycles. The number of amides is 1. The van der Waals surface area contributed by atoms with Gasteiger partial charge in [-0.2, -0.15) is 0 Å².